The molecule has 0 spiro atoms. The van der Waals surface area contributed by atoms with Gasteiger partial charge in [-0.3, -0.25) is 0 Å². The predicted octanol–water partition coefficient (Wildman–Crippen LogP) is 0.479. The van der Waals surface area contributed by atoms with Crippen molar-refractivity contribution < 1.29 is 23.4 Å². The number of hydrogen-bond donors (Lipinski definition) is 3. The maximum absolute atomic E-state index is 12.3. The van der Waals surface area contributed by atoms with E-state index in [0.717, 1.165) is 0 Å². The molecule has 0 aliphatic carbocycles. The predicted molar refractivity (Wildman–Crippen MR) is 73.6 cm³/mol. The number of nitrogens with one attached hydrogen (secondary N) is 1. The molecular weight excluding hydrogens is 338 g/mol. The van der Waals surface area contributed by atoms with Gasteiger partial charge in [-0.05, 0) is 25.1 Å². The van der Waals surface area contributed by atoms with Crippen LogP contribution in [-0.4, -0.2) is 44.5 Å². The third kappa shape index (κ3) is 3.90. The van der Waals surface area contributed by atoms with Crippen LogP contribution < -0.4 is 9.46 Å². The summed E-state index contributed by atoms with van der Waals surface area (Å²) in [6, 6.07) is 4.54. The number of rotatable bonds is 6. The Kier molecular flexibility index (Phi) is 5.34. The third-order valence-electron chi connectivity index (χ3n) is 2.49. The normalized spacial score (nSPS) is 12.5. The van der Waals surface area contributed by atoms with Crippen molar-refractivity contribution >= 4 is 26.0 Å². The van der Waals surface area contributed by atoms with Gasteiger partial charge in [0.05, 0.1) is 25.9 Å². The lowest BCUT2D eigenvalue weighted by molar-refractivity contribution is 0.121. The fourth-order valence-electron chi connectivity index (χ4n) is 1.35. The van der Waals surface area contributed by atoms with Gasteiger partial charge >= 0.3 is 0 Å². The molecule has 3 N–H and O–H groups in total. The van der Waals surface area contributed by atoms with Crippen LogP contribution in [0.4, 0.5) is 0 Å². The molecule has 1 aromatic carbocycles. The number of aliphatic hydroxyl groups is 2. The first-order chi connectivity index (χ1) is 8.78. The summed E-state index contributed by atoms with van der Waals surface area (Å²) >= 11 is 3.19. The molecule has 19 heavy (non-hydrogen) atoms. The Labute approximate surface area is 120 Å². The Morgan fingerprint density at radius 1 is 1.37 bits per heavy atom. The fourth-order valence-corrected chi connectivity index (χ4v) is 3.45. The number of sulfonamides is 1. The quantitative estimate of drug-likeness (QED) is 0.691. The number of hydrogen-bond acceptors (Lipinski definition) is 5. The molecule has 108 valence electrons. The van der Waals surface area contributed by atoms with E-state index < -0.39 is 28.8 Å². The molecular formula is C11H16BrNO5S. The molecule has 0 radical (unpaired) electrons. The molecule has 0 aliphatic rings. The minimum Gasteiger partial charge on any atom is -0.495 e. The summed E-state index contributed by atoms with van der Waals surface area (Å²) in [6.07, 6.45) is 0. The second-order valence-electron chi connectivity index (χ2n) is 4.28. The van der Waals surface area contributed by atoms with Crippen molar-refractivity contribution in [2.75, 3.05) is 20.3 Å². The molecule has 0 unspecified atom stereocenters. The lowest BCUT2D eigenvalue weighted by Crippen LogP contribution is -2.51. The third-order valence-corrected chi connectivity index (χ3v) is 4.65. The summed E-state index contributed by atoms with van der Waals surface area (Å²) in [5.74, 6) is 0.175. The zero-order valence-corrected chi connectivity index (χ0v) is 13.0. The van der Waals surface area contributed by atoms with E-state index in [9.17, 15) is 8.42 Å². The number of halogens is 1. The highest BCUT2D eigenvalue weighted by molar-refractivity contribution is 9.10. The van der Waals surface area contributed by atoms with Crippen molar-refractivity contribution in [3.05, 3.63) is 22.7 Å². The molecule has 6 nitrogen and oxygen atoms in total. The van der Waals surface area contributed by atoms with E-state index in [-0.39, 0.29) is 10.6 Å². The Bertz CT molecular complexity index is 542. The van der Waals surface area contributed by atoms with Crippen molar-refractivity contribution in [1.29, 1.82) is 0 Å². The van der Waals surface area contributed by atoms with Crippen LogP contribution in [-0.2, 0) is 10.0 Å². The summed E-state index contributed by atoms with van der Waals surface area (Å²) in [4.78, 5) is -0.0718. The number of ether oxygens (including phenoxy) is 1. The molecule has 1 rings (SSSR count). The van der Waals surface area contributed by atoms with Gasteiger partial charge in [0.15, 0.2) is 0 Å². The molecule has 0 aromatic heterocycles. The van der Waals surface area contributed by atoms with Gasteiger partial charge in [-0.2, -0.15) is 0 Å². The molecule has 8 heteroatoms. The summed E-state index contributed by atoms with van der Waals surface area (Å²) in [6.45, 7) is 0.340. The first kappa shape index (κ1) is 16.4. The van der Waals surface area contributed by atoms with Gasteiger partial charge < -0.3 is 14.9 Å². The average Bonchev–Trinajstić information content (AvgIpc) is 2.38. The van der Waals surface area contributed by atoms with Gasteiger partial charge in [-0.15, -0.1) is 0 Å². The molecule has 0 fully saturated rings. The largest absolute Gasteiger partial charge is 0.495 e. The van der Waals surface area contributed by atoms with Crippen LogP contribution in [0.5, 0.6) is 5.75 Å². The Hall–Kier alpha value is -0.670. The summed E-state index contributed by atoms with van der Waals surface area (Å²) in [7, 11) is -2.57. The molecule has 1 aromatic rings. The van der Waals surface area contributed by atoms with Crippen molar-refractivity contribution in [3.8, 4) is 5.75 Å². The van der Waals surface area contributed by atoms with Crippen LogP contribution in [0.15, 0.2) is 27.6 Å². The van der Waals surface area contributed by atoms with E-state index in [1.54, 1.807) is 6.07 Å². The standard InChI is InChI=1S/C11H16BrNO5S/c1-11(6-14,7-15)13-19(16,17)10-5-8(12)3-4-9(10)18-2/h3-5,13-15H,6-7H2,1-2H3. The highest BCUT2D eigenvalue weighted by Gasteiger charge is 2.31. The van der Waals surface area contributed by atoms with Crippen LogP contribution in [0.2, 0.25) is 0 Å². The van der Waals surface area contributed by atoms with Gasteiger partial charge in [0, 0.05) is 4.47 Å². The molecule has 0 saturated heterocycles. The maximum Gasteiger partial charge on any atom is 0.244 e. The van der Waals surface area contributed by atoms with Crippen molar-refractivity contribution in [3.63, 3.8) is 0 Å². The van der Waals surface area contributed by atoms with Gasteiger partial charge in [0.2, 0.25) is 10.0 Å². The molecule has 0 heterocycles. The van der Waals surface area contributed by atoms with Crippen molar-refractivity contribution in [2.45, 2.75) is 17.4 Å². The highest BCUT2D eigenvalue weighted by atomic mass is 79.9. The van der Waals surface area contributed by atoms with Crippen LogP contribution in [0.25, 0.3) is 0 Å². The monoisotopic (exact) mass is 353 g/mol. The van der Waals surface area contributed by atoms with E-state index in [1.165, 1.54) is 26.2 Å². The SMILES string of the molecule is COc1ccc(Br)cc1S(=O)(=O)NC(C)(CO)CO. The second-order valence-corrected chi connectivity index (χ2v) is 6.84. The first-order valence-corrected chi connectivity index (χ1v) is 7.65. The van der Waals surface area contributed by atoms with Crippen molar-refractivity contribution in [1.82, 2.24) is 4.72 Å². The summed E-state index contributed by atoms with van der Waals surface area (Å²) < 4.78 is 32.4. The van der Waals surface area contributed by atoms with Gasteiger partial charge in [0.1, 0.15) is 10.6 Å². The number of benzene rings is 1. The molecule has 0 atom stereocenters. The number of aliphatic hydroxyl groups excluding tert-OH is 2. The zero-order chi connectivity index (χ0) is 14.7. The van der Waals surface area contributed by atoms with Crippen LogP contribution >= 0.6 is 15.9 Å². The van der Waals surface area contributed by atoms with E-state index >= 15 is 0 Å². The van der Waals surface area contributed by atoms with Crippen LogP contribution in [0, 0.1) is 0 Å². The fraction of sp³-hybridized carbons (Fsp3) is 0.455. The van der Waals surface area contributed by atoms with Gasteiger partial charge in [-0.25, -0.2) is 13.1 Å². The van der Waals surface area contributed by atoms with Crippen LogP contribution in [0.3, 0.4) is 0 Å². The minimum atomic E-state index is -3.93. The lowest BCUT2D eigenvalue weighted by Gasteiger charge is -2.26. The van der Waals surface area contributed by atoms with Gasteiger partial charge in [0.25, 0.3) is 0 Å². The van der Waals surface area contributed by atoms with E-state index in [2.05, 4.69) is 20.7 Å². The van der Waals surface area contributed by atoms with E-state index in [4.69, 9.17) is 14.9 Å². The Morgan fingerprint density at radius 2 is 1.95 bits per heavy atom. The lowest BCUT2D eigenvalue weighted by atomic mass is 10.1. The first-order valence-electron chi connectivity index (χ1n) is 5.37. The smallest absolute Gasteiger partial charge is 0.244 e. The molecule has 0 bridgehead atoms. The zero-order valence-electron chi connectivity index (χ0n) is 10.6. The average molecular weight is 354 g/mol. The van der Waals surface area contributed by atoms with Crippen molar-refractivity contribution in [2.24, 2.45) is 0 Å². The molecule has 0 saturated carbocycles. The maximum atomic E-state index is 12.3. The minimum absolute atomic E-state index is 0.0718. The number of methoxy groups -OCH3 is 1. The second kappa shape index (κ2) is 6.19. The molecule has 0 amide bonds. The van der Waals surface area contributed by atoms with Crippen LogP contribution in [0.1, 0.15) is 6.92 Å². The topological polar surface area (TPSA) is 95.9 Å². The molecule has 0 aliphatic heterocycles. The summed E-state index contributed by atoms with van der Waals surface area (Å²) in [5.41, 5.74) is -1.34. The Morgan fingerprint density at radius 3 is 2.42 bits per heavy atom. The Balaban J connectivity index is 3.24. The van der Waals surface area contributed by atoms with E-state index in [0.29, 0.717) is 4.47 Å². The van der Waals surface area contributed by atoms with Gasteiger partial charge in [-0.1, -0.05) is 15.9 Å². The van der Waals surface area contributed by atoms with E-state index in [1.807, 2.05) is 0 Å². The summed E-state index contributed by atoms with van der Waals surface area (Å²) in [5, 5.41) is 18.3. The highest BCUT2D eigenvalue weighted by Crippen LogP contribution is 2.27.